The van der Waals surface area contributed by atoms with E-state index in [4.69, 9.17) is 14.1 Å². The van der Waals surface area contributed by atoms with Gasteiger partial charge in [0.15, 0.2) is 5.76 Å². The highest BCUT2D eigenvalue weighted by Gasteiger charge is 2.27. The number of para-hydroxylation sites is 1. The van der Waals surface area contributed by atoms with Crippen LogP contribution in [0.3, 0.4) is 0 Å². The number of carbonyl (C=O) groups is 1. The van der Waals surface area contributed by atoms with E-state index in [1.165, 1.54) is 0 Å². The van der Waals surface area contributed by atoms with Gasteiger partial charge in [0.25, 0.3) is 0 Å². The van der Waals surface area contributed by atoms with Crippen molar-refractivity contribution in [2.24, 2.45) is 0 Å². The van der Waals surface area contributed by atoms with Crippen LogP contribution in [-0.4, -0.2) is 29.0 Å². The standard InChI is InChI=1S/C21H18N4O3/c1-27-16-9-5-3-7-14(16)23-21-22-11-12-10-17(26)24-19-13-6-2-4-8-15(13)28-20(19)18(12)25-21/h2-6,8-9,11,14H,7,10H2,1H3,(H,24,26)(H,22,23,25). The lowest BCUT2D eigenvalue weighted by Crippen LogP contribution is -2.25. The van der Waals surface area contributed by atoms with E-state index >= 15 is 0 Å². The predicted octanol–water partition coefficient (Wildman–Crippen LogP) is 3.66. The second kappa shape index (κ2) is 6.53. The molecular formula is C21H18N4O3. The first-order chi connectivity index (χ1) is 13.7. The maximum absolute atomic E-state index is 12.4. The zero-order valence-electron chi connectivity index (χ0n) is 15.2. The van der Waals surface area contributed by atoms with E-state index in [9.17, 15) is 4.79 Å². The quantitative estimate of drug-likeness (QED) is 0.727. The van der Waals surface area contributed by atoms with Gasteiger partial charge in [-0.25, -0.2) is 9.97 Å². The van der Waals surface area contributed by atoms with Crippen molar-refractivity contribution in [1.29, 1.82) is 0 Å². The lowest BCUT2D eigenvalue weighted by atomic mass is 10.1. The molecule has 1 atom stereocenters. The molecule has 0 bridgehead atoms. The number of ether oxygens (including phenoxy) is 1. The van der Waals surface area contributed by atoms with E-state index in [2.05, 4.69) is 21.7 Å². The van der Waals surface area contributed by atoms with Crippen LogP contribution in [0.15, 0.2) is 58.9 Å². The van der Waals surface area contributed by atoms with Gasteiger partial charge in [0.2, 0.25) is 11.9 Å². The molecule has 1 unspecified atom stereocenters. The number of fused-ring (bicyclic) bond motifs is 5. The zero-order valence-corrected chi connectivity index (χ0v) is 15.2. The van der Waals surface area contributed by atoms with Gasteiger partial charge in [-0.05, 0) is 24.6 Å². The molecule has 7 nitrogen and oxygen atoms in total. The molecule has 0 saturated carbocycles. The molecule has 0 radical (unpaired) electrons. The van der Waals surface area contributed by atoms with Crippen LogP contribution in [-0.2, 0) is 16.0 Å². The SMILES string of the molecule is COC1=CC=CCC1Nc1ncc2c(n1)-c1oc3ccccc3c1NC(=O)C2. The van der Waals surface area contributed by atoms with Gasteiger partial charge in [0.1, 0.15) is 17.0 Å². The Bertz CT molecular complexity index is 1150. The summed E-state index contributed by atoms with van der Waals surface area (Å²) in [6.07, 6.45) is 8.60. The molecule has 5 rings (SSSR count). The first-order valence-electron chi connectivity index (χ1n) is 9.08. The summed E-state index contributed by atoms with van der Waals surface area (Å²) in [5.74, 6) is 1.72. The number of anilines is 2. The van der Waals surface area contributed by atoms with Gasteiger partial charge < -0.3 is 19.8 Å². The number of rotatable bonds is 3. The number of methoxy groups -OCH3 is 1. The first-order valence-corrected chi connectivity index (χ1v) is 9.08. The minimum atomic E-state index is -0.113. The largest absolute Gasteiger partial charge is 0.499 e. The van der Waals surface area contributed by atoms with Crippen molar-refractivity contribution in [2.75, 3.05) is 17.7 Å². The van der Waals surface area contributed by atoms with Gasteiger partial charge in [0, 0.05) is 17.1 Å². The summed E-state index contributed by atoms with van der Waals surface area (Å²) in [5, 5.41) is 7.12. The van der Waals surface area contributed by atoms with E-state index < -0.39 is 0 Å². The van der Waals surface area contributed by atoms with E-state index in [1.807, 2.05) is 36.4 Å². The number of allylic oxidation sites excluding steroid dienone is 2. The normalized spacial score (nSPS) is 18.0. The fourth-order valence-electron chi connectivity index (χ4n) is 3.60. The summed E-state index contributed by atoms with van der Waals surface area (Å²) in [6, 6.07) is 7.57. The Morgan fingerprint density at radius 2 is 2.21 bits per heavy atom. The van der Waals surface area contributed by atoms with Crippen molar-refractivity contribution in [2.45, 2.75) is 18.9 Å². The first kappa shape index (κ1) is 16.6. The van der Waals surface area contributed by atoms with Gasteiger partial charge in [-0.2, -0.15) is 0 Å². The van der Waals surface area contributed by atoms with Crippen molar-refractivity contribution in [3.05, 3.63) is 60.0 Å². The molecule has 1 amide bonds. The Balaban J connectivity index is 1.59. The average Bonchev–Trinajstić information content (AvgIpc) is 3.01. The molecule has 1 aliphatic carbocycles. The van der Waals surface area contributed by atoms with Crippen molar-refractivity contribution in [3.63, 3.8) is 0 Å². The van der Waals surface area contributed by atoms with E-state index in [-0.39, 0.29) is 18.4 Å². The highest BCUT2D eigenvalue weighted by Crippen LogP contribution is 2.40. The van der Waals surface area contributed by atoms with Gasteiger partial charge >= 0.3 is 0 Å². The number of furan rings is 1. The summed E-state index contributed by atoms with van der Waals surface area (Å²) in [7, 11) is 1.65. The molecule has 28 heavy (non-hydrogen) atoms. The molecule has 1 aliphatic heterocycles. The van der Waals surface area contributed by atoms with Crippen LogP contribution in [0.2, 0.25) is 0 Å². The van der Waals surface area contributed by atoms with E-state index in [0.717, 1.165) is 23.1 Å². The molecule has 7 heteroatoms. The van der Waals surface area contributed by atoms with Crippen molar-refractivity contribution >= 4 is 28.5 Å². The van der Waals surface area contributed by atoms with Crippen molar-refractivity contribution in [3.8, 4) is 11.5 Å². The molecule has 0 saturated heterocycles. The summed E-state index contributed by atoms with van der Waals surface area (Å²) in [6.45, 7) is 0. The number of aromatic nitrogens is 2. The Morgan fingerprint density at radius 3 is 3.11 bits per heavy atom. The van der Waals surface area contributed by atoms with E-state index in [0.29, 0.717) is 28.7 Å². The number of hydrogen-bond acceptors (Lipinski definition) is 6. The minimum absolute atomic E-state index is 0.0475. The summed E-state index contributed by atoms with van der Waals surface area (Å²) in [5.41, 5.74) is 2.71. The molecule has 3 heterocycles. The summed E-state index contributed by atoms with van der Waals surface area (Å²) >= 11 is 0. The number of nitrogens with zero attached hydrogens (tertiary/aromatic N) is 2. The Labute approximate surface area is 161 Å². The van der Waals surface area contributed by atoms with Gasteiger partial charge in [0.05, 0.1) is 25.3 Å². The fraction of sp³-hybridized carbons (Fsp3) is 0.190. The monoisotopic (exact) mass is 374 g/mol. The van der Waals surface area contributed by atoms with Crippen LogP contribution in [0.1, 0.15) is 12.0 Å². The number of carbonyl (C=O) groups excluding carboxylic acids is 1. The lowest BCUT2D eigenvalue weighted by Gasteiger charge is -2.21. The molecule has 2 aliphatic rings. The number of benzene rings is 1. The van der Waals surface area contributed by atoms with Crippen LogP contribution < -0.4 is 10.6 Å². The molecule has 0 fully saturated rings. The van der Waals surface area contributed by atoms with Crippen LogP contribution >= 0.6 is 0 Å². The topological polar surface area (TPSA) is 89.3 Å². The highest BCUT2D eigenvalue weighted by molar-refractivity contribution is 6.08. The minimum Gasteiger partial charge on any atom is -0.499 e. The Morgan fingerprint density at radius 1 is 1.32 bits per heavy atom. The molecule has 1 aromatic carbocycles. The molecule has 3 aromatic rings. The molecular weight excluding hydrogens is 356 g/mol. The highest BCUT2D eigenvalue weighted by atomic mass is 16.5. The average molecular weight is 374 g/mol. The van der Waals surface area contributed by atoms with Crippen molar-refractivity contribution < 1.29 is 13.9 Å². The Kier molecular flexibility index (Phi) is 3.86. The number of hydrogen-bond donors (Lipinski definition) is 2. The third-order valence-corrected chi connectivity index (χ3v) is 4.94. The Hall–Kier alpha value is -3.61. The van der Waals surface area contributed by atoms with Crippen LogP contribution in [0.4, 0.5) is 11.6 Å². The molecule has 0 spiro atoms. The second-order valence-corrected chi connectivity index (χ2v) is 6.73. The van der Waals surface area contributed by atoms with Crippen LogP contribution in [0, 0.1) is 0 Å². The number of amides is 1. The van der Waals surface area contributed by atoms with Gasteiger partial charge in [-0.3, -0.25) is 4.79 Å². The summed E-state index contributed by atoms with van der Waals surface area (Å²) < 4.78 is 11.5. The van der Waals surface area contributed by atoms with Gasteiger partial charge in [-0.15, -0.1) is 0 Å². The molecule has 140 valence electrons. The van der Waals surface area contributed by atoms with Crippen molar-refractivity contribution in [1.82, 2.24) is 9.97 Å². The second-order valence-electron chi connectivity index (χ2n) is 6.73. The van der Waals surface area contributed by atoms with Crippen LogP contribution in [0.25, 0.3) is 22.4 Å². The fourth-order valence-corrected chi connectivity index (χ4v) is 3.60. The third-order valence-electron chi connectivity index (χ3n) is 4.94. The van der Waals surface area contributed by atoms with Gasteiger partial charge in [-0.1, -0.05) is 24.3 Å². The van der Waals surface area contributed by atoms with E-state index in [1.54, 1.807) is 13.3 Å². The molecule has 2 N–H and O–H groups in total. The zero-order chi connectivity index (χ0) is 19.1. The third kappa shape index (κ3) is 2.72. The van der Waals surface area contributed by atoms with Crippen LogP contribution in [0.5, 0.6) is 0 Å². The predicted molar refractivity (Wildman–Crippen MR) is 106 cm³/mol. The number of nitrogens with one attached hydrogen (secondary N) is 2. The molecule has 2 aromatic heterocycles. The summed E-state index contributed by atoms with van der Waals surface area (Å²) in [4.78, 5) is 21.5. The maximum Gasteiger partial charge on any atom is 0.229 e. The maximum atomic E-state index is 12.4. The lowest BCUT2D eigenvalue weighted by molar-refractivity contribution is -0.115. The smallest absolute Gasteiger partial charge is 0.229 e.